The van der Waals surface area contributed by atoms with E-state index in [9.17, 15) is 4.79 Å². The van der Waals surface area contributed by atoms with Crippen LogP contribution in [0.2, 0.25) is 0 Å². The molecule has 1 heterocycles. The van der Waals surface area contributed by atoms with Crippen LogP contribution in [0.1, 0.15) is 27.7 Å². The fraction of sp³-hybridized carbons (Fsp3) is 0.588. The van der Waals surface area contributed by atoms with Crippen LogP contribution >= 0.6 is 0 Å². The summed E-state index contributed by atoms with van der Waals surface area (Å²) < 4.78 is 15.8. The van der Waals surface area contributed by atoms with Crippen LogP contribution in [-0.2, 0) is 9.47 Å². The van der Waals surface area contributed by atoms with Crippen molar-refractivity contribution < 1.29 is 19.0 Å². The summed E-state index contributed by atoms with van der Waals surface area (Å²) in [6, 6.07) is 5.45. The zero-order valence-electron chi connectivity index (χ0n) is 14.5. The number of anilines is 2. The third-order valence-corrected chi connectivity index (χ3v) is 3.47. The number of ether oxygens (including phenoxy) is 3. The van der Waals surface area contributed by atoms with Gasteiger partial charge in [-0.25, -0.2) is 4.79 Å². The Morgan fingerprint density at radius 1 is 1.30 bits per heavy atom. The van der Waals surface area contributed by atoms with Crippen LogP contribution in [0.4, 0.5) is 16.2 Å². The second-order valence-corrected chi connectivity index (χ2v) is 7.20. The van der Waals surface area contributed by atoms with Crippen molar-refractivity contribution in [2.45, 2.75) is 33.3 Å². The lowest BCUT2D eigenvalue weighted by molar-refractivity contribution is -0.0924. The number of methoxy groups -OCH3 is 1. The standard InChI is InChI=1S/C17H26N2O4/c1-16(2,3)23-15(20)19-13-7-6-12(21-5)8-14(13)18-9-17(4)10-22-11-17/h6-8,18H,9-11H2,1-5H3,(H,19,20). The summed E-state index contributed by atoms with van der Waals surface area (Å²) in [5, 5.41) is 6.15. The van der Waals surface area contributed by atoms with Gasteiger partial charge in [0.05, 0.1) is 31.7 Å². The van der Waals surface area contributed by atoms with Crippen molar-refractivity contribution in [3.05, 3.63) is 18.2 Å². The molecule has 2 N–H and O–H groups in total. The molecule has 1 amide bonds. The highest BCUT2D eigenvalue weighted by Crippen LogP contribution is 2.31. The van der Waals surface area contributed by atoms with E-state index in [4.69, 9.17) is 14.2 Å². The second-order valence-electron chi connectivity index (χ2n) is 7.20. The molecule has 0 radical (unpaired) electrons. The second kappa shape index (κ2) is 6.66. The Labute approximate surface area is 137 Å². The summed E-state index contributed by atoms with van der Waals surface area (Å²) in [5.41, 5.74) is 1.03. The number of carbonyl (C=O) groups is 1. The molecule has 0 aromatic heterocycles. The van der Waals surface area contributed by atoms with Crippen LogP contribution in [0, 0.1) is 5.41 Å². The average Bonchev–Trinajstić information content (AvgIpc) is 2.42. The van der Waals surface area contributed by atoms with Crippen molar-refractivity contribution in [1.29, 1.82) is 0 Å². The Balaban J connectivity index is 2.09. The number of hydrogen-bond donors (Lipinski definition) is 2. The third-order valence-electron chi connectivity index (χ3n) is 3.47. The number of nitrogens with one attached hydrogen (secondary N) is 2. The molecule has 0 bridgehead atoms. The van der Waals surface area contributed by atoms with Gasteiger partial charge in [0, 0.05) is 18.0 Å². The molecule has 6 heteroatoms. The van der Waals surface area contributed by atoms with E-state index >= 15 is 0 Å². The Bertz CT molecular complexity index is 562. The average molecular weight is 322 g/mol. The highest BCUT2D eigenvalue weighted by Gasteiger charge is 2.33. The maximum Gasteiger partial charge on any atom is 0.412 e. The number of hydrogen-bond acceptors (Lipinski definition) is 5. The molecule has 1 fully saturated rings. The van der Waals surface area contributed by atoms with E-state index in [1.54, 1.807) is 19.2 Å². The Kier molecular flexibility index (Phi) is 5.04. The highest BCUT2D eigenvalue weighted by molar-refractivity contribution is 5.90. The van der Waals surface area contributed by atoms with Crippen LogP contribution in [0.5, 0.6) is 5.75 Å². The monoisotopic (exact) mass is 322 g/mol. The molecule has 0 atom stereocenters. The maximum atomic E-state index is 12.0. The highest BCUT2D eigenvalue weighted by atomic mass is 16.6. The Hall–Kier alpha value is -1.95. The molecule has 1 saturated heterocycles. The minimum Gasteiger partial charge on any atom is -0.497 e. The van der Waals surface area contributed by atoms with Gasteiger partial charge in [-0.15, -0.1) is 0 Å². The van der Waals surface area contributed by atoms with Crippen molar-refractivity contribution in [3.8, 4) is 5.75 Å². The molecule has 2 rings (SSSR count). The first-order chi connectivity index (χ1) is 10.7. The summed E-state index contributed by atoms with van der Waals surface area (Å²) in [6.45, 7) is 9.87. The summed E-state index contributed by atoms with van der Waals surface area (Å²) in [5.74, 6) is 0.720. The summed E-state index contributed by atoms with van der Waals surface area (Å²) in [7, 11) is 1.61. The van der Waals surface area contributed by atoms with Crippen LogP contribution in [0.25, 0.3) is 0 Å². The zero-order valence-corrected chi connectivity index (χ0v) is 14.5. The molecule has 23 heavy (non-hydrogen) atoms. The van der Waals surface area contributed by atoms with Crippen LogP contribution in [0.15, 0.2) is 18.2 Å². The summed E-state index contributed by atoms with van der Waals surface area (Å²) >= 11 is 0. The SMILES string of the molecule is COc1ccc(NC(=O)OC(C)(C)C)c(NCC2(C)COC2)c1. The van der Waals surface area contributed by atoms with E-state index < -0.39 is 11.7 Å². The normalized spacial score (nSPS) is 16.2. The smallest absolute Gasteiger partial charge is 0.412 e. The predicted molar refractivity (Wildman–Crippen MR) is 90.3 cm³/mol. The molecule has 1 aliphatic heterocycles. The van der Waals surface area contributed by atoms with Gasteiger partial charge in [0.1, 0.15) is 11.4 Å². The fourth-order valence-electron chi connectivity index (χ4n) is 2.18. The minimum atomic E-state index is -0.541. The van der Waals surface area contributed by atoms with E-state index in [0.717, 1.165) is 31.2 Å². The quantitative estimate of drug-likeness (QED) is 0.868. The maximum absolute atomic E-state index is 12.0. The number of carbonyl (C=O) groups excluding carboxylic acids is 1. The van der Waals surface area contributed by atoms with Gasteiger partial charge in [0.25, 0.3) is 0 Å². The Morgan fingerprint density at radius 3 is 2.52 bits per heavy atom. The lowest BCUT2D eigenvalue weighted by Gasteiger charge is -2.38. The van der Waals surface area contributed by atoms with Gasteiger partial charge in [0.15, 0.2) is 0 Å². The third kappa shape index (κ3) is 5.03. The molecule has 1 aliphatic rings. The molecule has 6 nitrogen and oxygen atoms in total. The molecule has 1 aromatic carbocycles. The number of amides is 1. The van der Waals surface area contributed by atoms with Gasteiger partial charge >= 0.3 is 6.09 Å². The van der Waals surface area contributed by atoms with Crippen LogP contribution in [0.3, 0.4) is 0 Å². The molecule has 0 spiro atoms. The molecule has 0 unspecified atom stereocenters. The van der Waals surface area contributed by atoms with E-state index in [0.29, 0.717) is 5.69 Å². The van der Waals surface area contributed by atoms with Gasteiger partial charge in [0.2, 0.25) is 0 Å². The Morgan fingerprint density at radius 2 is 2.00 bits per heavy atom. The molecule has 0 saturated carbocycles. The van der Waals surface area contributed by atoms with Gasteiger partial charge in [-0.1, -0.05) is 6.92 Å². The number of benzene rings is 1. The predicted octanol–water partition coefficient (Wildman–Crippen LogP) is 3.49. The first-order valence-electron chi connectivity index (χ1n) is 7.70. The van der Waals surface area contributed by atoms with E-state index in [-0.39, 0.29) is 5.41 Å². The minimum absolute atomic E-state index is 0.117. The largest absolute Gasteiger partial charge is 0.497 e. The first kappa shape index (κ1) is 17.4. The lowest BCUT2D eigenvalue weighted by atomic mass is 9.88. The summed E-state index contributed by atoms with van der Waals surface area (Å²) in [6.07, 6.45) is -0.482. The van der Waals surface area contributed by atoms with E-state index in [2.05, 4.69) is 17.6 Å². The van der Waals surface area contributed by atoms with Crippen molar-refractivity contribution in [1.82, 2.24) is 0 Å². The fourth-order valence-corrected chi connectivity index (χ4v) is 2.18. The first-order valence-corrected chi connectivity index (χ1v) is 7.70. The lowest BCUT2D eigenvalue weighted by Crippen LogP contribution is -2.45. The van der Waals surface area contributed by atoms with Gasteiger partial charge < -0.3 is 19.5 Å². The van der Waals surface area contributed by atoms with Crippen molar-refractivity contribution >= 4 is 17.5 Å². The molecular formula is C17H26N2O4. The van der Waals surface area contributed by atoms with Crippen molar-refractivity contribution in [2.75, 3.05) is 37.5 Å². The topological polar surface area (TPSA) is 68.8 Å². The molecule has 1 aromatic rings. The van der Waals surface area contributed by atoms with E-state index in [1.807, 2.05) is 26.8 Å². The van der Waals surface area contributed by atoms with Crippen molar-refractivity contribution in [2.24, 2.45) is 5.41 Å². The van der Waals surface area contributed by atoms with Crippen LogP contribution < -0.4 is 15.4 Å². The van der Waals surface area contributed by atoms with Gasteiger partial charge in [-0.3, -0.25) is 5.32 Å². The molecule has 128 valence electrons. The molecule has 0 aliphatic carbocycles. The van der Waals surface area contributed by atoms with Gasteiger partial charge in [-0.05, 0) is 32.9 Å². The number of rotatable bonds is 5. The van der Waals surface area contributed by atoms with Gasteiger partial charge in [-0.2, -0.15) is 0 Å². The summed E-state index contributed by atoms with van der Waals surface area (Å²) in [4.78, 5) is 12.0. The van der Waals surface area contributed by atoms with E-state index in [1.165, 1.54) is 0 Å². The van der Waals surface area contributed by atoms with Crippen molar-refractivity contribution in [3.63, 3.8) is 0 Å². The van der Waals surface area contributed by atoms with Crippen LogP contribution in [-0.4, -0.2) is 38.6 Å². The zero-order chi connectivity index (χ0) is 17.1. The molecular weight excluding hydrogens is 296 g/mol.